The predicted octanol–water partition coefficient (Wildman–Crippen LogP) is 11.5. The molecule has 47 heavy (non-hydrogen) atoms. The van der Waals surface area contributed by atoms with Gasteiger partial charge in [0.05, 0.1) is 30.3 Å². The van der Waals surface area contributed by atoms with E-state index >= 15 is 0 Å². The van der Waals surface area contributed by atoms with Crippen molar-refractivity contribution in [2.45, 2.75) is 0 Å². The summed E-state index contributed by atoms with van der Waals surface area (Å²) >= 11 is 15.9. The third-order valence-electron chi connectivity index (χ3n) is 7.65. The molecule has 0 aliphatic carbocycles. The van der Waals surface area contributed by atoms with Gasteiger partial charge in [0.2, 0.25) is 0 Å². The fraction of sp³-hybridized carbons (Fsp3) is 0.111. The van der Waals surface area contributed by atoms with E-state index in [1.54, 1.807) is 12.1 Å². The maximum absolute atomic E-state index is 10.9. The Kier molecular flexibility index (Phi) is 9.94. The van der Waals surface area contributed by atoms with Crippen LogP contribution in [0.1, 0.15) is 11.1 Å². The summed E-state index contributed by atoms with van der Waals surface area (Å²) in [6, 6.07) is 22.6. The summed E-state index contributed by atoms with van der Waals surface area (Å²) in [5.41, 5.74) is 2.19. The van der Waals surface area contributed by atoms with Crippen molar-refractivity contribution in [3.63, 3.8) is 0 Å². The summed E-state index contributed by atoms with van der Waals surface area (Å²) in [5.74, 6) is 4.72. The molecule has 234 valence electrons. The van der Waals surface area contributed by atoms with Crippen molar-refractivity contribution < 1.29 is 4.92 Å². The molecule has 0 unspecified atom stereocenters. The molecule has 4 aromatic carbocycles. The molecule has 0 N–H and O–H groups in total. The first-order chi connectivity index (χ1) is 23.1. The van der Waals surface area contributed by atoms with Crippen LogP contribution in [0.25, 0.3) is 42.2 Å². The highest BCUT2D eigenvalue weighted by Gasteiger charge is 2.29. The van der Waals surface area contributed by atoms with Crippen LogP contribution in [0.2, 0.25) is 0 Å². The van der Waals surface area contributed by atoms with Crippen LogP contribution in [0.5, 0.6) is 0 Å². The summed E-state index contributed by atoms with van der Waals surface area (Å²) in [4.78, 5) is 10.5. The number of non-ortho nitro benzene ring substituents is 1. The second kappa shape index (κ2) is 14.5. The van der Waals surface area contributed by atoms with E-state index in [1.807, 2.05) is 118 Å². The molecule has 0 saturated heterocycles. The largest absolute Gasteiger partial charge is 0.269 e. The molecule has 0 spiro atoms. The van der Waals surface area contributed by atoms with Crippen molar-refractivity contribution in [3.05, 3.63) is 140 Å². The Morgan fingerprint density at radius 3 is 1.47 bits per heavy atom. The van der Waals surface area contributed by atoms with Gasteiger partial charge >= 0.3 is 0 Å². The number of fused-ring (bicyclic) bond motifs is 2. The van der Waals surface area contributed by atoms with Crippen LogP contribution in [-0.2, 0) is 0 Å². The Morgan fingerprint density at radius 2 is 0.957 bits per heavy atom. The molecule has 0 radical (unpaired) electrons. The minimum absolute atomic E-state index is 0.101. The molecule has 3 nitrogen and oxygen atoms in total. The number of thioether (sulfide) groups is 8. The number of nitro groups is 1. The number of benzene rings is 4. The molecule has 4 aromatic rings. The molecular formula is C36H25NO2S8. The zero-order valence-electron chi connectivity index (χ0n) is 24.7. The summed E-state index contributed by atoms with van der Waals surface area (Å²) in [6.45, 7) is 0. The van der Waals surface area contributed by atoms with Crippen molar-refractivity contribution >= 4 is 142 Å². The van der Waals surface area contributed by atoms with Crippen molar-refractivity contribution in [2.24, 2.45) is 0 Å². The van der Waals surface area contributed by atoms with Crippen molar-refractivity contribution in [2.75, 3.05) is 23.0 Å². The Balaban J connectivity index is 1.21. The Hall–Kier alpha value is -1.96. The number of hydrogen-bond acceptors (Lipinski definition) is 10. The number of allylic oxidation sites excluding steroid dienone is 4. The highest BCUT2D eigenvalue weighted by atomic mass is 32.3. The first kappa shape index (κ1) is 32.3. The summed E-state index contributed by atoms with van der Waals surface area (Å²) in [6.07, 6.45) is 12.2. The number of rotatable bonds is 5. The molecule has 4 aliphatic heterocycles. The fourth-order valence-electron chi connectivity index (χ4n) is 5.55. The average molecular weight is 760 g/mol. The van der Waals surface area contributed by atoms with Gasteiger partial charge in [0, 0.05) is 45.6 Å². The average Bonchev–Trinajstić information content (AvgIpc) is 3.73. The van der Waals surface area contributed by atoms with E-state index in [9.17, 15) is 10.1 Å². The van der Waals surface area contributed by atoms with Crippen molar-refractivity contribution in [3.8, 4) is 0 Å². The van der Waals surface area contributed by atoms with Crippen LogP contribution < -0.4 is 10.4 Å². The lowest BCUT2D eigenvalue weighted by atomic mass is 9.97. The third kappa shape index (κ3) is 6.79. The summed E-state index contributed by atoms with van der Waals surface area (Å²) in [5, 5.41) is 18.9. The summed E-state index contributed by atoms with van der Waals surface area (Å²) < 4.78 is 8.66. The normalized spacial score (nSPS) is 18.6. The van der Waals surface area contributed by atoms with Gasteiger partial charge in [0.15, 0.2) is 0 Å². The zero-order chi connectivity index (χ0) is 31.7. The molecule has 0 atom stereocenters. The van der Waals surface area contributed by atoms with E-state index < -0.39 is 0 Å². The van der Waals surface area contributed by atoms with E-state index in [0.29, 0.717) is 0 Å². The van der Waals surface area contributed by atoms with E-state index in [2.05, 4.69) is 54.6 Å². The Labute approximate surface area is 306 Å². The first-order valence-electron chi connectivity index (χ1n) is 14.8. The van der Waals surface area contributed by atoms with Crippen LogP contribution in [0, 0.1) is 10.1 Å². The molecule has 11 heteroatoms. The SMILES string of the molecule is O=[N+]([O-])c1ccc(/C=C/C=C/C=C/c2ccc3c(=C4SC5=C(SCCS5)S4)c4ccccc4c(=C4SC5=C(SCCS5)S4)c3c2)cc1. The lowest BCUT2D eigenvalue weighted by molar-refractivity contribution is -0.384. The van der Waals surface area contributed by atoms with Crippen LogP contribution >= 0.6 is 94.1 Å². The van der Waals surface area contributed by atoms with Gasteiger partial charge in [-0.3, -0.25) is 10.1 Å². The van der Waals surface area contributed by atoms with Crippen LogP contribution in [0.4, 0.5) is 5.69 Å². The maximum atomic E-state index is 10.9. The van der Waals surface area contributed by atoms with E-state index in [-0.39, 0.29) is 10.6 Å². The molecule has 4 heterocycles. The quantitative estimate of drug-likeness (QED) is 0.0850. The van der Waals surface area contributed by atoms with E-state index in [4.69, 9.17) is 0 Å². The van der Waals surface area contributed by atoms with Gasteiger partial charge in [-0.1, -0.05) is 120 Å². The number of hydrogen-bond donors (Lipinski definition) is 0. The van der Waals surface area contributed by atoms with E-state index in [0.717, 1.165) is 5.56 Å². The molecule has 0 aromatic heterocycles. The molecule has 8 rings (SSSR count). The van der Waals surface area contributed by atoms with Gasteiger partial charge in [-0.2, -0.15) is 0 Å². The molecule has 0 amide bonds. The second-order valence-electron chi connectivity index (χ2n) is 10.6. The van der Waals surface area contributed by atoms with Gasteiger partial charge in [-0.05, 0) is 50.9 Å². The third-order valence-corrected chi connectivity index (χ3v) is 19.2. The standard InChI is InChI=1S/C36H25NO2S8/c38-37(39)24-14-11-22(12-15-24)7-3-1-2-4-8-23-13-16-27-28(21-23)30(32-46-35-36(47-32)43-20-19-42-35)26-10-6-5-9-25(26)29(27)31-44-33-34(45-31)41-18-17-40-33/h1-16,21H,17-20H2/b2-1+,7-3+,8-4+. The van der Waals surface area contributed by atoms with E-state index in [1.165, 1.54) is 98.1 Å². The highest BCUT2D eigenvalue weighted by Crippen LogP contribution is 2.61. The zero-order valence-corrected chi connectivity index (χ0v) is 31.2. The van der Waals surface area contributed by atoms with Gasteiger partial charge < -0.3 is 0 Å². The minimum Gasteiger partial charge on any atom is -0.258 e. The predicted molar refractivity (Wildman–Crippen MR) is 222 cm³/mol. The van der Waals surface area contributed by atoms with Gasteiger partial charge in [0.1, 0.15) is 0 Å². The van der Waals surface area contributed by atoms with Crippen molar-refractivity contribution in [1.29, 1.82) is 0 Å². The molecular weight excluding hydrogens is 735 g/mol. The number of nitro benzene ring substituents is 1. The Bertz CT molecular complexity index is 2200. The summed E-state index contributed by atoms with van der Waals surface area (Å²) in [7, 11) is 0. The molecule has 0 fully saturated rings. The maximum Gasteiger partial charge on any atom is 0.269 e. The highest BCUT2D eigenvalue weighted by molar-refractivity contribution is 8.47. The topological polar surface area (TPSA) is 43.1 Å². The second-order valence-corrected chi connectivity index (χ2v) is 20.6. The lowest BCUT2D eigenvalue weighted by Gasteiger charge is -2.12. The van der Waals surface area contributed by atoms with Crippen LogP contribution in [0.15, 0.2) is 108 Å². The number of nitrogens with zero attached hydrogens (tertiary/aromatic N) is 1. The Morgan fingerprint density at radius 1 is 0.511 bits per heavy atom. The molecule has 0 saturated carbocycles. The van der Waals surface area contributed by atoms with Gasteiger partial charge in [0.25, 0.3) is 5.69 Å². The first-order valence-corrected chi connectivity index (χ1v) is 22.0. The van der Waals surface area contributed by atoms with Crippen LogP contribution in [0.3, 0.4) is 0 Å². The monoisotopic (exact) mass is 759 g/mol. The molecule has 4 aliphatic rings. The van der Waals surface area contributed by atoms with Crippen molar-refractivity contribution in [1.82, 2.24) is 0 Å². The van der Waals surface area contributed by atoms with Gasteiger partial charge in [-0.25, -0.2) is 0 Å². The molecule has 0 bridgehead atoms. The van der Waals surface area contributed by atoms with Crippen LogP contribution in [-0.4, -0.2) is 27.9 Å². The smallest absolute Gasteiger partial charge is 0.258 e. The minimum atomic E-state index is -0.378. The fourth-order valence-corrected chi connectivity index (χ4v) is 17.7. The van der Waals surface area contributed by atoms with Gasteiger partial charge in [-0.15, -0.1) is 47.0 Å². The lowest BCUT2D eigenvalue weighted by Crippen LogP contribution is -2.17.